The number of fused-ring (bicyclic) bond motifs is 2. The van der Waals surface area contributed by atoms with Crippen molar-refractivity contribution in [1.82, 2.24) is 14.5 Å². The van der Waals surface area contributed by atoms with Crippen molar-refractivity contribution < 1.29 is 4.79 Å². The maximum Gasteiger partial charge on any atom is 0.333 e. The van der Waals surface area contributed by atoms with Crippen molar-refractivity contribution in [3.63, 3.8) is 0 Å². The van der Waals surface area contributed by atoms with E-state index in [9.17, 15) is 14.4 Å². The molecule has 5 rings (SSSR count). The summed E-state index contributed by atoms with van der Waals surface area (Å²) >= 11 is 6.35. The molecule has 154 valence electrons. The van der Waals surface area contributed by atoms with Crippen LogP contribution in [0.25, 0.3) is 16.6 Å². The van der Waals surface area contributed by atoms with Gasteiger partial charge in [0, 0.05) is 18.7 Å². The lowest BCUT2D eigenvalue weighted by Crippen LogP contribution is -2.36. The third kappa shape index (κ3) is 3.35. The molecule has 4 aromatic rings. The Morgan fingerprint density at radius 2 is 1.68 bits per heavy atom. The lowest BCUT2D eigenvalue weighted by Gasteiger charge is -2.29. The summed E-state index contributed by atoms with van der Waals surface area (Å²) in [6, 6.07) is 19.5. The molecule has 3 aromatic carbocycles. The smallest absolute Gasteiger partial charge is 0.333 e. The number of hydrogen-bond donors (Lipinski definition) is 1. The molecule has 2 heterocycles. The lowest BCUT2D eigenvalue weighted by atomic mass is 9.99. The van der Waals surface area contributed by atoms with Gasteiger partial charge in [-0.3, -0.25) is 9.59 Å². The molecule has 0 radical (unpaired) electrons. The van der Waals surface area contributed by atoms with Gasteiger partial charge in [0.05, 0.1) is 21.6 Å². The number of nitrogens with zero attached hydrogens (tertiary/aromatic N) is 2. The normalized spacial score (nSPS) is 13.3. The zero-order valence-electron chi connectivity index (χ0n) is 16.5. The van der Waals surface area contributed by atoms with Crippen molar-refractivity contribution in [3.8, 4) is 5.69 Å². The number of benzene rings is 3. The Kier molecular flexibility index (Phi) is 4.71. The van der Waals surface area contributed by atoms with Crippen molar-refractivity contribution in [2.24, 2.45) is 0 Å². The first-order valence-electron chi connectivity index (χ1n) is 9.93. The van der Waals surface area contributed by atoms with Crippen LogP contribution in [0.4, 0.5) is 0 Å². The quantitative estimate of drug-likeness (QED) is 0.527. The number of nitrogens with one attached hydrogen (secondary N) is 1. The number of halogens is 1. The minimum Gasteiger partial charge on any atom is -0.334 e. The molecular formula is C24H18ClN3O3. The lowest BCUT2D eigenvalue weighted by molar-refractivity contribution is 0.0734. The van der Waals surface area contributed by atoms with Gasteiger partial charge in [0.15, 0.2) is 0 Å². The fourth-order valence-corrected chi connectivity index (χ4v) is 4.25. The van der Waals surface area contributed by atoms with Crippen LogP contribution in [0, 0.1) is 0 Å². The Morgan fingerprint density at radius 3 is 2.52 bits per heavy atom. The van der Waals surface area contributed by atoms with Crippen LogP contribution in [0.1, 0.15) is 21.5 Å². The van der Waals surface area contributed by atoms with Crippen molar-refractivity contribution >= 4 is 28.4 Å². The van der Waals surface area contributed by atoms with E-state index < -0.39 is 11.2 Å². The molecule has 0 bridgehead atoms. The van der Waals surface area contributed by atoms with Gasteiger partial charge in [-0.1, -0.05) is 48.0 Å². The van der Waals surface area contributed by atoms with Gasteiger partial charge in [-0.25, -0.2) is 9.36 Å². The Balaban J connectivity index is 1.57. The van der Waals surface area contributed by atoms with Gasteiger partial charge < -0.3 is 9.88 Å². The summed E-state index contributed by atoms with van der Waals surface area (Å²) in [6.07, 6.45) is 0.784. The molecular weight excluding hydrogens is 414 g/mol. The largest absolute Gasteiger partial charge is 0.334 e. The number of carbonyl (C=O) groups excluding carboxylic acids is 1. The van der Waals surface area contributed by atoms with E-state index in [2.05, 4.69) is 11.1 Å². The van der Waals surface area contributed by atoms with Crippen molar-refractivity contribution in [1.29, 1.82) is 0 Å². The second kappa shape index (κ2) is 7.56. The number of hydrogen-bond acceptors (Lipinski definition) is 3. The fourth-order valence-electron chi connectivity index (χ4n) is 4.05. The molecule has 1 amide bonds. The molecule has 1 N–H and O–H groups in total. The van der Waals surface area contributed by atoms with Crippen LogP contribution in [0.15, 0.2) is 76.3 Å². The highest BCUT2D eigenvalue weighted by atomic mass is 35.5. The zero-order chi connectivity index (χ0) is 21.5. The molecule has 31 heavy (non-hydrogen) atoms. The number of amides is 1. The van der Waals surface area contributed by atoms with E-state index >= 15 is 0 Å². The standard InChI is InChI=1S/C24H18ClN3O3/c25-19-10-9-16(22(29)27-12-11-15-5-1-2-6-17(15)14-27)13-21(19)28-23(30)18-7-3-4-8-20(18)26-24(28)31/h1-10,13H,11-12,14H2,(H,26,31). The third-order valence-electron chi connectivity index (χ3n) is 5.66. The molecule has 1 aromatic heterocycles. The van der Waals surface area contributed by atoms with Crippen LogP contribution in [-0.4, -0.2) is 26.9 Å². The predicted molar refractivity (Wildman–Crippen MR) is 120 cm³/mol. The summed E-state index contributed by atoms with van der Waals surface area (Å²) in [6.45, 7) is 1.12. The zero-order valence-corrected chi connectivity index (χ0v) is 17.2. The highest BCUT2D eigenvalue weighted by Gasteiger charge is 2.23. The Hall–Kier alpha value is -3.64. The van der Waals surface area contributed by atoms with E-state index in [1.165, 1.54) is 11.6 Å². The first-order valence-corrected chi connectivity index (χ1v) is 10.3. The summed E-state index contributed by atoms with van der Waals surface area (Å²) in [5.74, 6) is -0.169. The summed E-state index contributed by atoms with van der Waals surface area (Å²) in [5, 5.41) is 0.575. The maximum atomic E-state index is 13.2. The Labute approximate surface area is 182 Å². The van der Waals surface area contributed by atoms with Crippen molar-refractivity contribution in [2.75, 3.05) is 6.54 Å². The second-order valence-corrected chi connectivity index (χ2v) is 7.94. The van der Waals surface area contributed by atoms with Gasteiger partial charge in [0.1, 0.15) is 0 Å². The highest BCUT2D eigenvalue weighted by Crippen LogP contribution is 2.24. The van der Waals surface area contributed by atoms with Crippen LogP contribution in [0.2, 0.25) is 5.02 Å². The molecule has 1 aliphatic rings. The van der Waals surface area contributed by atoms with Crippen LogP contribution >= 0.6 is 11.6 Å². The van der Waals surface area contributed by atoms with Gasteiger partial charge in [0.25, 0.3) is 11.5 Å². The van der Waals surface area contributed by atoms with Crippen molar-refractivity contribution in [2.45, 2.75) is 13.0 Å². The minimum absolute atomic E-state index is 0.169. The number of rotatable bonds is 2. The molecule has 0 saturated heterocycles. The molecule has 0 fully saturated rings. The number of para-hydroxylation sites is 1. The topological polar surface area (TPSA) is 75.2 Å². The van der Waals surface area contributed by atoms with E-state index in [-0.39, 0.29) is 16.6 Å². The molecule has 7 heteroatoms. The first-order chi connectivity index (χ1) is 15.0. The average molecular weight is 432 g/mol. The Bertz CT molecular complexity index is 1450. The van der Waals surface area contributed by atoms with E-state index in [4.69, 9.17) is 11.6 Å². The summed E-state index contributed by atoms with van der Waals surface area (Å²) in [7, 11) is 0. The Morgan fingerprint density at radius 1 is 0.935 bits per heavy atom. The molecule has 0 aliphatic carbocycles. The molecule has 0 saturated carbocycles. The van der Waals surface area contributed by atoms with Crippen LogP contribution < -0.4 is 11.2 Å². The van der Waals surface area contributed by atoms with E-state index in [0.29, 0.717) is 29.6 Å². The summed E-state index contributed by atoms with van der Waals surface area (Å²) in [4.78, 5) is 43.4. The van der Waals surface area contributed by atoms with E-state index in [0.717, 1.165) is 16.6 Å². The number of H-pyrrole nitrogens is 1. The molecule has 1 aliphatic heterocycles. The van der Waals surface area contributed by atoms with E-state index in [1.807, 2.05) is 18.2 Å². The van der Waals surface area contributed by atoms with Gasteiger partial charge in [0.2, 0.25) is 0 Å². The number of aromatic nitrogens is 2. The third-order valence-corrected chi connectivity index (χ3v) is 5.98. The van der Waals surface area contributed by atoms with Crippen molar-refractivity contribution in [3.05, 3.63) is 109 Å². The minimum atomic E-state index is -0.609. The highest BCUT2D eigenvalue weighted by molar-refractivity contribution is 6.32. The van der Waals surface area contributed by atoms with E-state index in [1.54, 1.807) is 41.3 Å². The predicted octanol–water partition coefficient (Wildman–Crippen LogP) is 3.53. The maximum absolute atomic E-state index is 13.2. The van der Waals surface area contributed by atoms with Gasteiger partial charge in [-0.2, -0.15) is 0 Å². The average Bonchev–Trinajstić information content (AvgIpc) is 2.79. The SMILES string of the molecule is O=C(c1ccc(Cl)c(-n2c(=O)[nH]c3ccccc3c2=O)c1)N1CCc2ccccc2C1. The number of aromatic amines is 1. The fraction of sp³-hybridized carbons (Fsp3) is 0.125. The molecule has 6 nitrogen and oxygen atoms in total. The molecule has 0 unspecified atom stereocenters. The van der Waals surface area contributed by atoms with Crippen LogP contribution in [-0.2, 0) is 13.0 Å². The summed E-state index contributed by atoms with van der Waals surface area (Å²) < 4.78 is 0.979. The van der Waals surface area contributed by atoms with Gasteiger partial charge in [-0.15, -0.1) is 0 Å². The van der Waals surface area contributed by atoms with Crippen LogP contribution in [0.3, 0.4) is 0 Å². The second-order valence-electron chi connectivity index (χ2n) is 7.53. The van der Waals surface area contributed by atoms with Crippen LogP contribution in [0.5, 0.6) is 0 Å². The monoisotopic (exact) mass is 431 g/mol. The summed E-state index contributed by atoms with van der Waals surface area (Å²) in [5.41, 5.74) is 2.28. The first kappa shape index (κ1) is 19.3. The molecule has 0 atom stereocenters. The molecule has 0 spiro atoms. The van der Waals surface area contributed by atoms with Gasteiger partial charge in [-0.05, 0) is 47.9 Å². The number of carbonyl (C=O) groups is 1. The van der Waals surface area contributed by atoms with Gasteiger partial charge >= 0.3 is 5.69 Å².